The second-order valence-electron chi connectivity index (χ2n) is 7.44. The molecule has 1 aromatic heterocycles. The Kier molecular flexibility index (Phi) is 7.34. The molecule has 0 N–H and O–H groups in total. The minimum atomic E-state index is -0.250. The van der Waals surface area contributed by atoms with Crippen molar-refractivity contribution in [2.45, 2.75) is 45.6 Å². The molecule has 28 heavy (non-hydrogen) atoms. The van der Waals surface area contributed by atoms with E-state index in [0.717, 1.165) is 56.6 Å². The maximum absolute atomic E-state index is 13.3. The Morgan fingerprint density at radius 1 is 1.25 bits per heavy atom. The Labute approximate surface area is 166 Å². The highest BCUT2D eigenvalue weighted by atomic mass is 19.1. The summed E-state index contributed by atoms with van der Waals surface area (Å²) in [5.74, 6) is 0.724. The Morgan fingerprint density at radius 3 is 2.79 bits per heavy atom. The number of unbranched alkanes of at least 4 members (excludes halogenated alkanes) is 2. The molecule has 1 unspecified atom stereocenters. The van der Waals surface area contributed by atoms with Crippen molar-refractivity contribution in [1.82, 2.24) is 14.9 Å². The number of benzene rings is 1. The first kappa shape index (κ1) is 20.2. The zero-order valence-corrected chi connectivity index (χ0v) is 16.6. The van der Waals surface area contributed by atoms with Gasteiger partial charge in [0.25, 0.3) is 0 Å². The van der Waals surface area contributed by atoms with Gasteiger partial charge in [0.1, 0.15) is 11.6 Å². The summed E-state index contributed by atoms with van der Waals surface area (Å²) in [6.45, 7) is 5.00. The van der Waals surface area contributed by atoms with E-state index in [1.807, 2.05) is 4.90 Å². The topological polar surface area (TPSA) is 49.3 Å². The molecule has 3 rings (SSSR count). The van der Waals surface area contributed by atoms with E-state index in [1.54, 1.807) is 30.7 Å². The number of piperidine rings is 1. The van der Waals surface area contributed by atoms with Crippen LogP contribution in [-0.4, -0.2) is 40.4 Å². The van der Waals surface area contributed by atoms with E-state index in [-0.39, 0.29) is 17.6 Å². The molecule has 1 aliphatic heterocycles. The number of nitrogens with zero attached hydrogens (tertiary/aromatic N) is 4. The van der Waals surface area contributed by atoms with E-state index >= 15 is 0 Å². The summed E-state index contributed by atoms with van der Waals surface area (Å²) in [6.07, 6.45) is 10.2. The first-order valence-electron chi connectivity index (χ1n) is 10.2. The van der Waals surface area contributed by atoms with Gasteiger partial charge >= 0.3 is 0 Å². The van der Waals surface area contributed by atoms with Crippen LogP contribution >= 0.6 is 0 Å². The van der Waals surface area contributed by atoms with Crippen molar-refractivity contribution in [2.75, 3.05) is 24.5 Å². The van der Waals surface area contributed by atoms with E-state index in [4.69, 9.17) is 0 Å². The Balaban J connectivity index is 1.69. The van der Waals surface area contributed by atoms with Gasteiger partial charge in [-0.3, -0.25) is 9.78 Å². The molecular formula is C22H29FN4O. The normalized spacial score (nSPS) is 16.8. The van der Waals surface area contributed by atoms with Crippen LogP contribution in [0.15, 0.2) is 42.9 Å². The van der Waals surface area contributed by atoms with Crippen molar-refractivity contribution in [3.63, 3.8) is 0 Å². The number of rotatable bonds is 8. The highest BCUT2D eigenvalue weighted by Gasteiger charge is 2.29. The van der Waals surface area contributed by atoms with Crippen molar-refractivity contribution < 1.29 is 9.18 Å². The van der Waals surface area contributed by atoms with Gasteiger partial charge in [0.15, 0.2) is 0 Å². The standard InChI is InChI=1S/C22H29FN4O/c1-2-3-4-13-27(16-18-7-9-20(23)10-8-18)22(28)19-6-5-14-26(17-19)21-15-24-11-12-25-21/h7-12,15,19H,2-6,13-14,16-17H2,1H3. The van der Waals surface area contributed by atoms with E-state index < -0.39 is 0 Å². The number of carbonyl (C=O) groups is 1. The molecule has 2 aromatic rings. The lowest BCUT2D eigenvalue weighted by Crippen LogP contribution is -2.45. The Bertz CT molecular complexity index is 738. The molecule has 5 nitrogen and oxygen atoms in total. The number of hydrogen-bond donors (Lipinski definition) is 0. The fraction of sp³-hybridized carbons (Fsp3) is 0.500. The fourth-order valence-corrected chi connectivity index (χ4v) is 3.73. The van der Waals surface area contributed by atoms with Crippen LogP contribution < -0.4 is 4.90 Å². The third kappa shape index (κ3) is 5.50. The SMILES string of the molecule is CCCCCN(Cc1ccc(F)cc1)C(=O)C1CCCN(c2cnccn2)C1. The van der Waals surface area contributed by atoms with Crippen LogP contribution in [0.2, 0.25) is 0 Å². The van der Waals surface area contributed by atoms with E-state index in [9.17, 15) is 9.18 Å². The van der Waals surface area contributed by atoms with Crippen molar-refractivity contribution >= 4 is 11.7 Å². The maximum atomic E-state index is 13.3. The lowest BCUT2D eigenvalue weighted by molar-refractivity contribution is -0.136. The van der Waals surface area contributed by atoms with Crippen LogP contribution in [0.3, 0.4) is 0 Å². The quantitative estimate of drug-likeness (QED) is 0.644. The highest BCUT2D eigenvalue weighted by molar-refractivity contribution is 5.79. The average molecular weight is 384 g/mol. The van der Waals surface area contributed by atoms with Gasteiger partial charge in [-0.05, 0) is 37.0 Å². The monoisotopic (exact) mass is 384 g/mol. The maximum Gasteiger partial charge on any atom is 0.227 e. The number of aromatic nitrogens is 2. The summed E-state index contributed by atoms with van der Waals surface area (Å²) in [5, 5.41) is 0. The summed E-state index contributed by atoms with van der Waals surface area (Å²) in [7, 11) is 0. The summed E-state index contributed by atoms with van der Waals surface area (Å²) >= 11 is 0. The minimum absolute atomic E-state index is 0.0437. The van der Waals surface area contributed by atoms with Crippen LogP contribution in [0.1, 0.15) is 44.6 Å². The van der Waals surface area contributed by atoms with Crippen LogP contribution in [0, 0.1) is 11.7 Å². The number of amides is 1. The zero-order chi connectivity index (χ0) is 19.8. The van der Waals surface area contributed by atoms with E-state index in [0.29, 0.717) is 13.1 Å². The van der Waals surface area contributed by atoms with Crippen molar-refractivity contribution in [3.05, 3.63) is 54.2 Å². The molecule has 1 saturated heterocycles. The molecule has 0 radical (unpaired) electrons. The van der Waals surface area contributed by atoms with Gasteiger partial charge in [-0.15, -0.1) is 0 Å². The van der Waals surface area contributed by atoms with Crippen molar-refractivity contribution in [1.29, 1.82) is 0 Å². The summed E-state index contributed by atoms with van der Waals surface area (Å²) in [4.78, 5) is 26.0. The third-order valence-electron chi connectivity index (χ3n) is 5.27. The number of hydrogen-bond acceptors (Lipinski definition) is 4. The molecule has 0 aliphatic carbocycles. The highest BCUT2D eigenvalue weighted by Crippen LogP contribution is 2.23. The minimum Gasteiger partial charge on any atom is -0.355 e. The lowest BCUT2D eigenvalue weighted by atomic mass is 9.96. The van der Waals surface area contributed by atoms with Crippen molar-refractivity contribution in [2.24, 2.45) is 5.92 Å². The third-order valence-corrected chi connectivity index (χ3v) is 5.27. The largest absolute Gasteiger partial charge is 0.355 e. The molecule has 1 atom stereocenters. The lowest BCUT2D eigenvalue weighted by Gasteiger charge is -2.35. The van der Waals surface area contributed by atoms with Gasteiger partial charge in [-0.2, -0.15) is 0 Å². The first-order valence-corrected chi connectivity index (χ1v) is 10.2. The molecular weight excluding hydrogens is 355 g/mol. The smallest absolute Gasteiger partial charge is 0.227 e. The Morgan fingerprint density at radius 2 is 2.07 bits per heavy atom. The van der Waals surface area contributed by atoms with Gasteiger partial charge in [-0.25, -0.2) is 9.37 Å². The number of carbonyl (C=O) groups excluding carboxylic acids is 1. The van der Waals surface area contributed by atoms with Crippen LogP contribution in [0.25, 0.3) is 0 Å². The second-order valence-corrected chi connectivity index (χ2v) is 7.44. The number of halogens is 1. The molecule has 0 bridgehead atoms. The van der Waals surface area contributed by atoms with Gasteiger partial charge in [0.05, 0.1) is 12.1 Å². The molecule has 6 heteroatoms. The fourth-order valence-electron chi connectivity index (χ4n) is 3.73. The molecule has 1 amide bonds. The Hall–Kier alpha value is -2.50. The van der Waals surface area contributed by atoms with E-state index in [2.05, 4.69) is 21.8 Å². The summed E-state index contributed by atoms with van der Waals surface area (Å²) in [6, 6.07) is 6.45. The number of anilines is 1. The van der Waals surface area contributed by atoms with Crippen LogP contribution in [0.4, 0.5) is 10.2 Å². The van der Waals surface area contributed by atoms with Gasteiger partial charge in [-0.1, -0.05) is 31.9 Å². The molecule has 1 aliphatic rings. The second kappa shape index (κ2) is 10.2. The molecule has 0 saturated carbocycles. The van der Waals surface area contributed by atoms with Crippen molar-refractivity contribution in [3.8, 4) is 0 Å². The van der Waals surface area contributed by atoms with Gasteiger partial charge in [0, 0.05) is 38.6 Å². The molecule has 0 spiro atoms. The summed E-state index contributed by atoms with van der Waals surface area (Å²) in [5.41, 5.74) is 0.966. The molecule has 1 aromatic carbocycles. The predicted molar refractivity (Wildman–Crippen MR) is 108 cm³/mol. The van der Waals surface area contributed by atoms with Crippen LogP contribution in [-0.2, 0) is 11.3 Å². The van der Waals surface area contributed by atoms with Gasteiger partial charge < -0.3 is 9.80 Å². The average Bonchev–Trinajstić information content (AvgIpc) is 2.75. The first-order chi connectivity index (χ1) is 13.7. The van der Waals surface area contributed by atoms with E-state index in [1.165, 1.54) is 12.1 Å². The summed E-state index contributed by atoms with van der Waals surface area (Å²) < 4.78 is 13.2. The van der Waals surface area contributed by atoms with Crippen LogP contribution in [0.5, 0.6) is 0 Å². The molecule has 2 heterocycles. The van der Waals surface area contributed by atoms with Gasteiger partial charge in [0.2, 0.25) is 5.91 Å². The predicted octanol–water partition coefficient (Wildman–Crippen LogP) is 4.05. The molecule has 1 fully saturated rings. The molecule has 150 valence electrons. The zero-order valence-electron chi connectivity index (χ0n) is 16.6.